The molecule has 122 valence electrons. The minimum Gasteiger partial charge on any atom is -0.495 e. The van der Waals surface area contributed by atoms with Gasteiger partial charge in [0.2, 0.25) is 0 Å². The Bertz CT molecular complexity index is 741. The van der Waals surface area contributed by atoms with E-state index in [2.05, 4.69) is 10.6 Å². The number of ether oxygens (including phenoxy) is 2. The van der Waals surface area contributed by atoms with E-state index in [1.807, 2.05) is 0 Å². The monoisotopic (exact) mass is 390 g/mol. The molecule has 0 unspecified atom stereocenters. The molecule has 4 nitrogen and oxygen atoms in total. The summed E-state index contributed by atoms with van der Waals surface area (Å²) in [6.45, 7) is 0. The second kappa shape index (κ2) is 7.93. The van der Waals surface area contributed by atoms with E-state index in [4.69, 9.17) is 56.5 Å². The molecule has 0 aromatic heterocycles. The molecular formula is C15H13Cl3N2O2S. The molecule has 2 N–H and O–H groups in total. The summed E-state index contributed by atoms with van der Waals surface area (Å²) >= 11 is 23.3. The quantitative estimate of drug-likeness (QED) is 0.676. The molecule has 0 aliphatic heterocycles. The molecule has 8 heteroatoms. The SMILES string of the molecule is COc1cc(OC)c(NC(=S)Nc2ccc(Cl)c(Cl)c2)cc1Cl. The summed E-state index contributed by atoms with van der Waals surface area (Å²) in [5.74, 6) is 1.06. The molecule has 0 amide bonds. The van der Waals surface area contributed by atoms with Crippen LogP contribution in [0.4, 0.5) is 11.4 Å². The fraction of sp³-hybridized carbons (Fsp3) is 0.133. The Morgan fingerprint density at radius 3 is 2.17 bits per heavy atom. The third-order valence-corrected chi connectivity index (χ3v) is 4.14. The van der Waals surface area contributed by atoms with Crippen LogP contribution >= 0.6 is 47.0 Å². The van der Waals surface area contributed by atoms with E-state index in [0.29, 0.717) is 43.1 Å². The number of thiocarbonyl (C=S) groups is 1. The Hall–Kier alpha value is -1.40. The molecule has 0 saturated heterocycles. The maximum absolute atomic E-state index is 6.12. The van der Waals surface area contributed by atoms with Crippen molar-refractivity contribution >= 4 is 63.5 Å². The molecule has 0 heterocycles. The molecule has 2 rings (SSSR count). The topological polar surface area (TPSA) is 42.5 Å². The van der Waals surface area contributed by atoms with E-state index >= 15 is 0 Å². The molecule has 0 bridgehead atoms. The zero-order valence-corrected chi connectivity index (χ0v) is 15.3. The van der Waals surface area contributed by atoms with Gasteiger partial charge in [-0.15, -0.1) is 0 Å². The van der Waals surface area contributed by atoms with Gasteiger partial charge in [0.25, 0.3) is 0 Å². The van der Waals surface area contributed by atoms with Gasteiger partial charge < -0.3 is 20.1 Å². The Morgan fingerprint density at radius 1 is 0.870 bits per heavy atom. The molecule has 0 saturated carbocycles. The third-order valence-electron chi connectivity index (χ3n) is 2.90. The lowest BCUT2D eigenvalue weighted by atomic mass is 10.2. The first-order valence-corrected chi connectivity index (χ1v) is 7.93. The van der Waals surface area contributed by atoms with Gasteiger partial charge in [0.1, 0.15) is 11.5 Å². The van der Waals surface area contributed by atoms with Crippen molar-refractivity contribution < 1.29 is 9.47 Å². The molecule has 0 atom stereocenters. The van der Waals surface area contributed by atoms with Gasteiger partial charge in [-0.05, 0) is 36.5 Å². The number of nitrogens with one attached hydrogen (secondary N) is 2. The number of hydrogen-bond acceptors (Lipinski definition) is 3. The van der Waals surface area contributed by atoms with Crippen molar-refractivity contribution in [1.82, 2.24) is 0 Å². The van der Waals surface area contributed by atoms with Gasteiger partial charge in [0, 0.05) is 11.8 Å². The van der Waals surface area contributed by atoms with Crippen molar-refractivity contribution in [2.24, 2.45) is 0 Å². The number of hydrogen-bond donors (Lipinski definition) is 2. The van der Waals surface area contributed by atoms with Gasteiger partial charge in [0.15, 0.2) is 5.11 Å². The van der Waals surface area contributed by atoms with Gasteiger partial charge in [-0.1, -0.05) is 34.8 Å². The van der Waals surface area contributed by atoms with E-state index in [-0.39, 0.29) is 0 Å². The highest BCUT2D eigenvalue weighted by Crippen LogP contribution is 2.36. The van der Waals surface area contributed by atoms with Gasteiger partial charge in [0.05, 0.1) is 35.0 Å². The number of methoxy groups -OCH3 is 2. The van der Waals surface area contributed by atoms with Crippen LogP contribution < -0.4 is 20.1 Å². The Labute approximate surface area is 154 Å². The molecule has 0 radical (unpaired) electrons. The highest BCUT2D eigenvalue weighted by atomic mass is 35.5. The van der Waals surface area contributed by atoms with E-state index in [1.54, 1.807) is 37.4 Å². The van der Waals surface area contributed by atoms with Crippen molar-refractivity contribution in [3.8, 4) is 11.5 Å². The predicted molar refractivity (Wildman–Crippen MR) is 101 cm³/mol. The molecule has 0 aliphatic carbocycles. The number of rotatable bonds is 4. The molecule has 0 fully saturated rings. The Kier molecular flexibility index (Phi) is 6.18. The maximum atomic E-state index is 6.12. The highest BCUT2D eigenvalue weighted by molar-refractivity contribution is 7.80. The summed E-state index contributed by atoms with van der Waals surface area (Å²) in [6, 6.07) is 8.46. The molecule has 23 heavy (non-hydrogen) atoms. The van der Waals surface area contributed by atoms with E-state index in [9.17, 15) is 0 Å². The van der Waals surface area contributed by atoms with Gasteiger partial charge in [-0.3, -0.25) is 0 Å². The predicted octanol–water partition coefficient (Wildman–Crippen LogP) is 5.47. The zero-order chi connectivity index (χ0) is 17.0. The van der Waals surface area contributed by atoms with Crippen molar-refractivity contribution in [1.29, 1.82) is 0 Å². The van der Waals surface area contributed by atoms with Crippen LogP contribution in [-0.4, -0.2) is 19.3 Å². The summed E-state index contributed by atoms with van der Waals surface area (Å²) in [7, 11) is 3.08. The van der Waals surface area contributed by atoms with Crippen molar-refractivity contribution in [3.05, 3.63) is 45.4 Å². The van der Waals surface area contributed by atoms with Crippen LogP contribution in [0.25, 0.3) is 0 Å². The van der Waals surface area contributed by atoms with Gasteiger partial charge >= 0.3 is 0 Å². The maximum Gasteiger partial charge on any atom is 0.175 e. The molecular weight excluding hydrogens is 379 g/mol. The molecule has 2 aromatic carbocycles. The summed E-state index contributed by atoms with van der Waals surface area (Å²) in [5, 5.41) is 7.72. The highest BCUT2D eigenvalue weighted by Gasteiger charge is 2.11. The summed E-state index contributed by atoms with van der Waals surface area (Å²) < 4.78 is 10.5. The average Bonchev–Trinajstić information content (AvgIpc) is 2.51. The second-order valence-corrected chi connectivity index (χ2v) is 6.02. The largest absolute Gasteiger partial charge is 0.495 e. The van der Waals surface area contributed by atoms with Crippen LogP contribution in [0.3, 0.4) is 0 Å². The van der Waals surface area contributed by atoms with Crippen molar-refractivity contribution in [2.45, 2.75) is 0 Å². The van der Waals surface area contributed by atoms with E-state index < -0.39 is 0 Å². The van der Waals surface area contributed by atoms with Crippen LogP contribution in [-0.2, 0) is 0 Å². The van der Waals surface area contributed by atoms with Crippen LogP contribution in [0.2, 0.25) is 15.1 Å². The number of halogens is 3. The molecule has 0 aliphatic rings. The van der Waals surface area contributed by atoms with E-state index in [1.165, 1.54) is 7.11 Å². The smallest absolute Gasteiger partial charge is 0.175 e. The Morgan fingerprint density at radius 2 is 1.57 bits per heavy atom. The van der Waals surface area contributed by atoms with Crippen LogP contribution in [0, 0.1) is 0 Å². The lowest BCUT2D eigenvalue weighted by Gasteiger charge is -2.15. The normalized spacial score (nSPS) is 10.1. The average molecular weight is 392 g/mol. The lowest BCUT2D eigenvalue weighted by Crippen LogP contribution is -2.19. The summed E-state index contributed by atoms with van der Waals surface area (Å²) in [5.41, 5.74) is 1.31. The number of benzene rings is 2. The van der Waals surface area contributed by atoms with Gasteiger partial charge in [-0.25, -0.2) is 0 Å². The van der Waals surface area contributed by atoms with Crippen molar-refractivity contribution in [2.75, 3.05) is 24.9 Å². The summed E-state index contributed by atoms with van der Waals surface area (Å²) in [4.78, 5) is 0. The first-order chi connectivity index (χ1) is 10.9. The van der Waals surface area contributed by atoms with Crippen molar-refractivity contribution in [3.63, 3.8) is 0 Å². The zero-order valence-electron chi connectivity index (χ0n) is 12.2. The van der Waals surface area contributed by atoms with Crippen LogP contribution in [0.1, 0.15) is 0 Å². The van der Waals surface area contributed by atoms with Crippen LogP contribution in [0.5, 0.6) is 11.5 Å². The second-order valence-electron chi connectivity index (χ2n) is 4.40. The lowest BCUT2D eigenvalue weighted by molar-refractivity contribution is 0.396. The fourth-order valence-corrected chi connectivity index (χ4v) is 2.58. The van der Waals surface area contributed by atoms with Gasteiger partial charge in [-0.2, -0.15) is 0 Å². The molecule has 0 spiro atoms. The fourth-order valence-electron chi connectivity index (χ4n) is 1.82. The Balaban J connectivity index is 2.16. The first kappa shape index (κ1) is 17.9. The molecule has 2 aromatic rings. The van der Waals surface area contributed by atoms with Crippen LogP contribution in [0.15, 0.2) is 30.3 Å². The minimum absolute atomic E-state index is 0.350. The minimum atomic E-state index is 0.350. The number of anilines is 2. The third kappa shape index (κ3) is 4.54. The standard InChI is InChI=1S/C15H13Cl3N2O2S/c1-21-13-7-14(22-2)12(6-11(13)18)20-15(23)19-8-3-4-9(16)10(17)5-8/h3-7H,1-2H3,(H2,19,20,23). The van der Waals surface area contributed by atoms with E-state index in [0.717, 1.165) is 0 Å². The summed E-state index contributed by atoms with van der Waals surface area (Å²) in [6.07, 6.45) is 0. The first-order valence-electron chi connectivity index (χ1n) is 6.39.